The number of carbonyl (C=O) groups excluding carboxylic acids is 2. The smallest absolute Gasteiger partial charge is 0.260 e. The minimum atomic E-state index is -0.100. The van der Waals surface area contributed by atoms with Crippen molar-refractivity contribution in [2.45, 2.75) is 32.2 Å². The summed E-state index contributed by atoms with van der Waals surface area (Å²) in [5.41, 5.74) is 0. The minimum Gasteiger partial charge on any atom is -0.482 e. The summed E-state index contributed by atoms with van der Waals surface area (Å²) in [6, 6.07) is 3.11. The Hall–Kier alpha value is -0.940. The highest BCUT2D eigenvalue weighted by atomic mass is 35.5. The molecule has 12 heteroatoms. The van der Waals surface area contributed by atoms with Crippen molar-refractivity contribution in [1.82, 2.24) is 24.7 Å². The molecule has 1 aromatic carbocycles. The molecule has 1 atom stereocenters. The molecule has 202 valence electrons. The van der Waals surface area contributed by atoms with E-state index in [-0.39, 0.29) is 24.5 Å². The molecule has 0 radical (unpaired) electrons. The summed E-state index contributed by atoms with van der Waals surface area (Å²) in [5.74, 6) is 1.36. The topological polar surface area (TPSA) is 77.2 Å². The summed E-state index contributed by atoms with van der Waals surface area (Å²) in [5, 5.41) is 7.11. The molecular weight excluding hydrogens is 545 g/mol. The number of hydrogen-bond acceptors (Lipinski definition) is 7. The number of benzene rings is 1. The number of nitrogens with one attached hydrogen (secondary N) is 2. The lowest BCUT2D eigenvalue weighted by molar-refractivity contribution is -0.137. The van der Waals surface area contributed by atoms with Gasteiger partial charge in [-0.2, -0.15) is 0 Å². The molecule has 1 aromatic rings. The van der Waals surface area contributed by atoms with Gasteiger partial charge >= 0.3 is 0 Å². The molecule has 0 unspecified atom stereocenters. The summed E-state index contributed by atoms with van der Waals surface area (Å²) in [6.07, 6.45) is 3.35. The van der Waals surface area contributed by atoms with E-state index < -0.39 is 0 Å². The van der Waals surface area contributed by atoms with Crippen molar-refractivity contribution in [3.63, 3.8) is 0 Å². The summed E-state index contributed by atoms with van der Waals surface area (Å²) in [4.78, 5) is 28.3. The normalized spacial score (nSPS) is 21.4. The van der Waals surface area contributed by atoms with Crippen molar-refractivity contribution < 1.29 is 14.3 Å². The van der Waals surface area contributed by atoms with E-state index in [1.54, 1.807) is 11.9 Å². The number of rotatable bonds is 7. The first kappa shape index (κ1) is 29.6. The monoisotopic (exact) mass is 579 g/mol. The Morgan fingerprint density at radius 3 is 2.50 bits per heavy atom. The van der Waals surface area contributed by atoms with Gasteiger partial charge < -0.3 is 25.2 Å². The second-order valence-electron chi connectivity index (χ2n) is 9.04. The summed E-state index contributed by atoms with van der Waals surface area (Å²) >= 11 is 19.8. The van der Waals surface area contributed by atoms with Crippen LogP contribution < -0.4 is 15.4 Å². The first-order valence-electron chi connectivity index (χ1n) is 12.5. The van der Waals surface area contributed by atoms with Crippen LogP contribution in [0.1, 0.15) is 26.2 Å². The van der Waals surface area contributed by atoms with E-state index in [2.05, 4.69) is 19.8 Å². The van der Waals surface area contributed by atoms with E-state index in [0.717, 1.165) is 45.0 Å². The quantitative estimate of drug-likeness (QED) is 0.378. The van der Waals surface area contributed by atoms with Crippen LogP contribution >= 0.6 is 46.8 Å². The average molecular weight is 581 g/mol. The molecule has 2 N–H and O–H groups in total. The first-order chi connectivity index (χ1) is 17.3. The third-order valence-corrected chi connectivity index (χ3v) is 8.36. The maximum absolute atomic E-state index is 12.7. The van der Waals surface area contributed by atoms with Gasteiger partial charge in [0, 0.05) is 70.1 Å². The van der Waals surface area contributed by atoms with E-state index in [9.17, 15) is 9.59 Å². The van der Waals surface area contributed by atoms with Crippen molar-refractivity contribution in [2.75, 3.05) is 71.3 Å². The predicted molar refractivity (Wildman–Crippen MR) is 148 cm³/mol. The molecule has 3 aliphatic heterocycles. The molecule has 3 heterocycles. The Morgan fingerprint density at radius 1 is 1.06 bits per heavy atom. The summed E-state index contributed by atoms with van der Waals surface area (Å²) < 4.78 is 7.90. The second-order valence-corrected chi connectivity index (χ2v) is 11.4. The number of piperazine rings is 1. The van der Waals surface area contributed by atoms with Gasteiger partial charge in [-0.3, -0.25) is 9.59 Å². The lowest BCUT2D eigenvalue weighted by Gasteiger charge is -2.39. The van der Waals surface area contributed by atoms with Crippen LogP contribution in [-0.2, 0) is 9.59 Å². The Bertz CT molecular complexity index is 870. The van der Waals surface area contributed by atoms with Crippen molar-refractivity contribution in [1.29, 1.82) is 0 Å². The molecule has 3 aliphatic rings. The predicted octanol–water partition coefficient (Wildman–Crippen LogP) is 3.40. The Balaban J connectivity index is 0.000000642. The highest BCUT2D eigenvalue weighted by molar-refractivity contribution is 7.97. The number of nitrogens with zero attached hydrogens (tertiary/aromatic N) is 3. The van der Waals surface area contributed by atoms with Gasteiger partial charge in [0.2, 0.25) is 5.91 Å². The van der Waals surface area contributed by atoms with Crippen molar-refractivity contribution in [3.8, 4) is 5.75 Å². The Morgan fingerprint density at radius 2 is 1.81 bits per heavy atom. The lowest BCUT2D eigenvalue weighted by Crippen LogP contribution is -2.53. The third-order valence-electron chi connectivity index (χ3n) is 6.28. The van der Waals surface area contributed by atoms with E-state index in [0.29, 0.717) is 33.8 Å². The summed E-state index contributed by atoms with van der Waals surface area (Å²) in [7, 11) is 0. The van der Waals surface area contributed by atoms with Gasteiger partial charge in [-0.05, 0) is 38.9 Å². The minimum absolute atomic E-state index is 0.0824. The SMILES string of the molecule is C1CCNC1.C[C@H]1CN(SCCN2CCNC(=O)CC2)CCN1C(=O)COc1cc(Cl)c(Cl)cc1Cl. The number of ether oxygens (including phenoxy) is 1. The zero-order chi connectivity index (χ0) is 25.9. The fraction of sp³-hybridized carbons (Fsp3) is 0.667. The molecule has 0 aromatic heterocycles. The van der Waals surface area contributed by atoms with Gasteiger partial charge in [0.25, 0.3) is 5.91 Å². The number of amides is 2. The molecule has 2 amide bonds. The fourth-order valence-corrected chi connectivity index (χ4v) is 5.93. The van der Waals surface area contributed by atoms with Crippen LogP contribution in [-0.4, -0.2) is 103 Å². The van der Waals surface area contributed by atoms with E-state index in [4.69, 9.17) is 39.5 Å². The standard InChI is InChI=1S/C20H27Cl3N4O3S.C4H9N/c1-14-12-26(31-9-8-25-4-2-19(28)24-3-5-25)6-7-27(14)20(29)13-30-18-11-16(22)15(21)10-17(18)23;1-2-4-5-3-1/h10-11,14H,2-9,12-13H2,1H3,(H,24,28);5H,1-4H2/t14-;/m0./s1. The Labute approximate surface area is 233 Å². The fourth-order valence-electron chi connectivity index (χ4n) is 4.21. The van der Waals surface area contributed by atoms with Crippen LogP contribution in [0, 0.1) is 0 Å². The largest absolute Gasteiger partial charge is 0.482 e. The van der Waals surface area contributed by atoms with Gasteiger partial charge in [-0.1, -0.05) is 46.8 Å². The number of hydrogen-bond donors (Lipinski definition) is 2. The lowest BCUT2D eigenvalue weighted by atomic mass is 10.2. The van der Waals surface area contributed by atoms with Gasteiger partial charge in [0.15, 0.2) is 6.61 Å². The van der Waals surface area contributed by atoms with Crippen LogP contribution in [0.3, 0.4) is 0 Å². The van der Waals surface area contributed by atoms with E-state index in [1.165, 1.54) is 38.1 Å². The highest BCUT2D eigenvalue weighted by Crippen LogP contribution is 2.33. The molecule has 0 spiro atoms. The molecular formula is C24H36Cl3N5O3S. The first-order valence-corrected chi connectivity index (χ1v) is 14.6. The van der Waals surface area contributed by atoms with Crippen LogP contribution in [0.25, 0.3) is 0 Å². The molecule has 0 bridgehead atoms. The summed E-state index contributed by atoms with van der Waals surface area (Å²) in [6.45, 7) is 10.1. The Kier molecular flexibility index (Phi) is 12.7. The maximum atomic E-state index is 12.7. The van der Waals surface area contributed by atoms with Crippen LogP contribution in [0.4, 0.5) is 0 Å². The molecule has 0 aliphatic carbocycles. The maximum Gasteiger partial charge on any atom is 0.260 e. The van der Waals surface area contributed by atoms with Crippen LogP contribution in [0.15, 0.2) is 12.1 Å². The third kappa shape index (κ3) is 9.74. The zero-order valence-electron chi connectivity index (χ0n) is 20.7. The van der Waals surface area contributed by atoms with Gasteiger partial charge in [-0.25, -0.2) is 4.31 Å². The van der Waals surface area contributed by atoms with E-state index >= 15 is 0 Å². The van der Waals surface area contributed by atoms with Crippen LogP contribution in [0.2, 0.25) is 15.1 Å². The van der Waals surface area contributed by atoms with Crippen LogP contribution in [0.5, 0.6) is 5.75 Å². The molecule has 3 saturated heterocycles. The zero-order valence-corrected chi connectivity index (χ0v) is 23.8. The molecule has 8 nitrogen and oxygen atoms in total. The molecule has 0 saturated carbocycles. The number of carbonyl (C=O) groups is 2. The van der Waals surface area contributed by atoms with Gasteiger partial charge in [0.05, 0.1) is 15.1 Å². The van der Waals surface area contributed by atoms with E-state index in [1.807, 2.05) is 11.8 Å². The molecule has 4 rings (SSSR count). The highest BCUT2D eigenvalue weighted by Gasteiger charge is 2.28. The van der Waals surface area contributed by atoms with Crippen molar-refractivity contribution in [2.24, 2.45) is 0 Å². The number of halogens is 3. The van der Waals surface area contributed by atoms with Crippen molar-refractivity contribution in [3.05, 3.63) is 27.2 Å². The second kappa shape index (κ2) is 15.5. The van der Waals surface area contributed by atoms with Gasteiger partial charge in [0.1, 0.15) is 5.75 Å². The molecule has 36 heavy (non-hydrogen) atoms. The van der Waals surface area contributed by atoms with Crippen molar-refractivity contribution >= 4 is 58.6 Å². The van der Waals surface area contributed by atoms with Gasteiger partial charge in [-0.15, -0.1) is 0 Å². The average Bonchev–Trinajstić information content (AvgIpc) is 3.37. The molecule has 3 fully saturated rings.